The second-order valence-corrected chi connectivity index (χ2v) is 13.7. The quantitative estimate of drug-likeness (QED) is 0.120. The van der Waals surface area contributed by atoms with E-state index in [1.807, 2.05) is 0 Å². The third-order valence-corrected chi connectivity index (χ3v) is 10.3. The minimum absolute atomic E-state index is 0.326. The molecule has 0 aliphatic carbocycles. The minimum atomic E-state index is -1.12. The Hall–Kier alpha value is -1.84. The monoisotopic (exact) mass is 652 g/mol. The van der Waals surface area contributed by atoms with Crippen molar-refractivity contribution in [2.45, 2.75) is 129 Å². The lowest BCUT2D eigenvalue weighted by atomic mass is 9.86. The molecule has 3 aromatic rings. The van der Waals surface area contributed by atoms with Crippen LogP contribution in [0.4, 0.5) is 0 Å². The minimum Gasteiger partial charge on any atom is -0.379 e. The number of rotatable bonds is 19. The SMILES string of the molecule is CCCCOC[C@H]1O[C@]2(OCc3cc4scc(-c5ccc(CC)cc5)c4cc32)[C@H](OCCCC)[C@@H](OCCCC)[C@@H]1OCCCC. The number of fused-ring (bicyclic) bond motifs is 3. The van der Waals surface area contributed by atoms with Crippen LogP contribution in [-0.2, 0) is 47.2 Å². The molecule has 6 nitrogen and oxygen atoms in total. The van der Waals surface area contributed by atoms with Gasteiger partial charge in [-0.25, -0.2) is 0 Å². The van der Waals surface area contributed by atoms with Crippen LogP contribution >= 0.6 is 11.3 Å². The van der Waals surface area contributed by atoms with Gasteiger partial charge in [-0.3, -0.25) is 0 Å². The van der Waals surface area contributed by atoms with Crippen LogP contribution in [0, 0.1) is 0 Å². The van der Waals surface area contributed by atoms with Crippen LogP contribution in [0.2, 0.25) is 0 Å². The highest BCUT2D eigenvalue weighted by molar-refractivity contribution is 7.17. The van der Waals surface area contributed by atoms with Crippen molar-refractivity contribution in [2.24, 2.45) is 0 Å². The molecule has 254 valence electrons. The lowest BCUT2D eigenvalue weighted by molar-refractivity contribution is -0.384. The second-order valence-electron chi connectivity index (χ2n) is 12.8. The average molecular weight is 653 g/mol. The first-order valence-electron chi connectivity index (χ1n) is 18.0. The van der Waals surface area contributed by atoms with Crippen LogP contribution in [0.15, 0.2) is 41.8 Å². The zero-order valence-corrected chi connectivity index (χ0v) is 29.6. The van der Waals surface area contributed by atoms with E-state index in [1.54, 1.807) is 11.3 Å². The molecule has 1 spiro atoms. The van der Waals surface area contributed by atoms with E-state index in [4.69, 9.17) is 28.4 Å². The molecule has 1 aromatic heterocycles. The second kappa shape index (κ2) is 17.5. The summed E-state index contributed by atoms with van der Waals surface area (Å²) < 4.78 is 41.8. The first kappa shape index (κ1) is 35.5. The normalized spacial score (nSPS) is 24.3. The molecule has 1 saturated heterocycles. The Morgan fingerprint density at radius 3 is 2.11 bits per heavy atom. The molecule has 0 amide bonds. The molecule has 0 bridgehead atoms. The van der Waals surface area contributed by atoms with Crippen molar-refractivity contribution in [3.05, 3.63) is 58.5 Å². The van der Waals surface area contributed by atoms with Gasteiger partial charge >= 0.3 is 0 Å². The number of unbranched alkanes of at least 4 members (excludes halogenated alkanes) is 4. The number of thiophene rings is 1. The zero-order chi connectivity index (χ0) is 32.4. The summed E-state index contributed by atoms with van der Waals surface area (Å²) in [6.07, 6.45) is 7.64. The molecule has 2 aliphatic heterocycles. The summed E-state index contributed by atoms with van der Waals surface area (Å²) in [4.78, 5) is 0. The fraction of sp³-hybridized carbons (Fsp3) is 0.641. The maximum atomic E-state index is 7.19. The van der Waals surface area contributed by atoms with E-state index in [9.17, 15) is 0 Å². The smallest absolute Gasteiger partial charge is 0.225 e. The fourth-order valence-electron chi connectivity index (χ4n) is 6.50. The van der Waals surface area contributed by atoms with Gasteiger partial charge in [0.05, 0.1) is 13.2 Å². The first-order chi connectivity index (χ1) is 22.6. The predicted octanol–water partition coefficient (Wildman–Crippen LogP) is 9.59. The fourth-order valence-corrected chi connectivity index (χ4v) is 7.52. The molecule has 2 aliphatic rings. The molecule has 7 heteroatoms. The molecule has 46 heavy (non-hydrogen) atoms. The van der Waals surface area contributed by atoms with Crippen molar-refractivity contribution >= 4 is 21.4 Å². The standard InChI is InChI=1S/C39H56O6S/c1-6-11-19-40-26-34-36(41-20-12-7-2)37(42-21-13-8-3)38(43-22-14-9-4)39(45-34)33-24-31-32(29-17-15-28(10-5)16-18-29)27-46-35(31)23-30(33)25-44-39/h15-18,23-24,27,34,36-38H,6-14,19-22,25-26H2,1-5H3/t34-,36-,37+,38-,39+/m1/s1. The van der Waals surface area contributed by atoms with Gasteiger partial charge in [0.25, 0.3) is 0 Å². The van der Waals surface area contributed by atoms with E-state index >= 15 is 0 Å². The van der Waals surface area contributed by atoms with E-state index in [1.165, 1.54) is 26.8 Å². The molecule has 5 atom stereocenters. The van der Waals surface area contributed by atoms with Crippen LogP contribution in [0.1, 0.15) is 103 Å². The summed E-state index contributed by atoms with van der Waals surface area (Å²) >= 11 is 1.79. The lowest BCUT2D eigenvalue weighted by Crippen LogP contribution is -2.66. The van der Waals surface area contributed by atoms with E-state index < -0.39 is 11.9 Å². The number of ether oxygens (including phenoxy) is 6. The summed E-state index contributed by atoms with van der Waals surface area (Å²) in [6, 6.07) is 13.6. The van der Waals surface area contributed by atoms with Gasteiger partial charge < -0.3 is 28.4 Å². The molecule has 0 saturated carbocycles. The average Bonchev–Trinajstić information content (AvgIpc) is 3.65. The van der Waals surface area contributed by atoms with Gasteiger partial charge in [-0.05, 0) is 66.3 Å². The van der Waals surface area contributed by atoms with E-state index in [-0.39, 0.29) is 18.3 Å². The lowest BCUT2D eigenvalue weighted by Gasteiger charge is -2.51. The molecular formula is C39H56O6S. The van der Waals surface area contributed by atoms with Gasteiger partial charge in [-0.2, -0.15) is 0 Å². The Morgan fingerprint density at radius 1 is 0.783 bits per heavy atom. The van der Waals surface area contributed by atoms with Gasteiger partial charge in [0.1, 0.15) is 24.4 Å². The van der Waals surface area contributed by atoms with Crippen molar-refractivity contribution < 1.29 is 28.4 Å². The Bertz CT molecular complexity index is 1340. The summed E-state index contributed by atoms with van der Waals surface area (Å²) in [6.45, 7) is 14.4. The van der Waals surface area contributed by atoms with E-state index in [0.29, 0.717) is 39.6 Å². The largest absolute Gasteiger partial charge is 0.379 e. The molecule has 2 aromatic carbocycles. The Morgan fingerprint density at radius 2 is 1.43 bits per heavy atom. The van der Waals surface area contributed by atoms with E-state index in [2.05, 4.69) is 76.4 Å². The molecule has 3 heterocycles. The maximum Gasteiger partial charge on any atom is 0.225 e. The first-order valence-corrected chi connectivity index (χ1v) is 18.9. The van der Waals surface area contributed by atoms with E-state index in [0.717, 1.165) is 68.9 Å². The van der Waals surface area contributed by atoms with Gasteiger partial charge in [0.15, 0.2) is 0 Å². The van der Waals surface area contributed by atoms with Crippen molar-refractivity contribution in [1.82, 2.24) is 0 Å². The number of aryl methyl sites for hydroxylation is 1. The molecule has 0 N–H and O–H groups in total. The molecular weight excluding hydrogens is 596 g/mol. The summed E-state index contributed by atoms with van der Waals surface area (Å²) in [5.41, 5.74) is 6.00. The zero-order valence-electron chi connectivity index (χ0n) is 28.8. The van der Waals surface area contributed by atoms with Gasteiger partial charge in [-0.15, -0.1) is 11.3 Å². The van der Waals surface area contributed by atoms with Crippen LogP contribution in [0.5, 0.6) is 0 Å². The Kier molecular flexibility index (Phi) is 13.5. The Balaban J connectivity index is 1.59. The number of hydrogen-bond donors (Lipinski definition) is 0. The van der Waals surface area contributed by atoms with Crippen LogP contribution < -0.4 is 0 Å². The Labute approximate surface area is 281 Å². The van der Waals surface area contributed by atoms with Crippen molar-refractivity contribution in [2.75, 3.05) is 33.0 Å². The van der Waals surface area contributed by atoms with Gasteiger partial charge in [0, 0.05) is 47.6 Å². The summed E-state index contributed by atoms with van der Waals surface area (Å²) in [7, 11) is 0. The van der Waals surface area contributed by atoms with Gasteiger partial charge in [-0.1, -0.05) is 84.6 Å². The third-order valence-electron chi connectivity index (χ3n) is 9.32. The summed E-state index contributed by atoms with van der Waals surface area (Å²) in [5.74, 6) is -1.12. The summed E-state index contributed by atoms with van der Waals surface area (Å²) in [5, 5.41) is 3.50. The van der Waals surface area contributed by atoms with Gasteiger partial charge in [0.2, 0.25) is 5.79 Å². The predicted molar refractivity (Wildman–Crippen MR) is 188 cm³/mol. The van der Waals surface area contributed by atoms with Crippen LogP contribution in [0.25, 0.3) is 21.2 Å². The highest BCUT2D eigenvalue weighted by atomic mass is 32.1. The van der Waals surface area contributed by atoms with Crippen molar-refractivity contribution in [3.8, 4) is 11.1 Å². The maximum absolute atomic E-state index is 7.19. The topological polar surface area (TPSA) is 55.4 Å². The van der Waals surface area contributed by atoms with Crippen LogP contribution in [0.3, 0.4) is 0 Å². The molecule has 5 rings (SSSR count). The number of benzene rings is 2. The molecule has 0 radical (unpaired) electrons. The highest BCUT2D eigenvalue weighted by Gasteiger charge is 2.61. The number of hydrogen-bond acceptors (Lipinski definition) is 7. The molecule has 1 fully saturated rings. The van der Waals surface area contributed by atoms with Crippen LogP contribution in [-0.4, -0.2) is 57.5 Å². The van der Waals surface area contributed by atoms with Crippen molar-refractivity contribution in [3.63, 3.8) is 0 Å². The molecule has 0 unspecified atom stereocenters. The third kappa shape index (κ3) is 7.89. The van der Waals surface area contributed by atoms with Crippen molar-refractivity contribution in [1.29, 1.82) is 0 Å². The highest BCUT2D eigenvalue weighted by Crippen LogP contribution is 2.51.